The number of hydrogen-bond acceptors (Lipinski definition) is 7. The minimum absolute atomic E-state index is 0.0218. The molecule has 3 heterocycles. The van der Waals surface area contributed by atoms with Crippen LogP contribution < -0.4 is 0 Å². The molecule has 0 radical (unpaired) electrons. The number of nitrogens with zero attached hydrogens (tertiary/aromatic N) is 3. The molecule has 0 unspecified atom stereocenters. The van der Waals surface area contributed by atoms with Crippen LogP contribution in [0.5, 0.6) is 0 Å². The Bertz CT molecular complexity index is 1280. The maximum atomic E-state index is 12.4. The van der Waals surface area contributed by atoms with Crippen LogP contribution in [0.4, 0.5) is 0 Å². The topological polar surface area (TPSA) is 116 Å². The van der Waals surface area contributed by atoms with Crippen LogP contribution in [0.25, 0.3) is 17.4 Å². The third-order valence-electron chi connectivity index (χ3n) is 3.87. The van der Waals surface area contributed by atoms with Crippen molar-refractivity contribution in [3.8, 4) is 11.3 Å². The standard InChI is InChI=1S/C17H10Cl2N4O4S2/c1-29(25,26)17-22-23-14(20)10(15(24)21-16(23)28-17)7-9-3-5-13(27-9)8-2-4-11(18)12(19)6-8/h2-7,20H,1H3/b10-7+,20-14?. The minimum atomic E-state index is -3.59. The molecule has 4 rings (SSSR count). The van der Waals surface area contributed by atoms with Gasteiger partial charge in [0.25, 0.3) is 5.91 Å². The summed E-state index contributed by atoms with van der Waals surface area (Å²) in [5.74, 6) is -0.190. The van der Waals surface area contributed by atoms with Gasteiger partial charge in [0.05, 0.1) is 15.6 Å². The summed E-state index contributed by atoms with van der Waals surface area (Å²) in [4.78, 5) is 16.2. The second-order valence-electron chi connectivity index (χ2n) is 5.99. The number of carbonyl (C=O) groups excluding carboxylic acids is 1. The number of fused-ring (bicyclic) bond motifs is 1. The quantitative estimate of drug-likeness (QED) is 0.668. The number of rotatable bonds is 2. The Balaban J connectivity index is 1.67. The van der Waals surface area contributed by atoms with E-state index in [1.165, 1.54) is 6.08 Å². The van der Waals surface area contributed by atoms with Crippen molar-refractivity contribution < 1.29 is 17.6 Å². The summed E-state index contributed by atoms with van der Waals surface area (Å²) in [5.41, 5.74) is 0.607. The number of sulfone groups is 1. The lowest BCUT2D eigenvalue weighted by molar-refractivity contribution is -0.114. The van der Waals surface area contributed by atoms with Crippen LogP contribution in [0.2, 0.25) is 10.0 Å². The average Bonchev–Trinajstić information content (AvgIpc) is 3.28. The smallest absolute Gasteiger partial charge is 0.283 e. The van der Waals surface area contributed by atoms with Gasteiger partial charge in [0.2, 0.25) is 19.4 Å². The zero-order valence-corrected chi connectivity index (χ0v) is 17.7. The van der Waals surface area contributed by atoms with Gasteiger partial charge in [-0.05, 0) is 48.2 Å². The number of thioether (sulfide) groups is 1. The highest BCUT2D eigenvalue weighted by atomic mass is 35.5. The first-order valence-corrected chi connectivity index (χ1v) is 11.4. The van der Waals surface area contributed by atoms with E-state index in [-0.39, 0.29) is 21.0 Å². The van der Waals surface area contributed by atoms with Crippen LogP contribution in [0, 0.1) is 5.41 Å². The molecular weight excluding hydrogens is 459 g/mol. The first-order chi connectivity index (χ1) is 13.6. The van der Waals surface area contributed by atoms with Gasteiger partial charge in [0, 0.05) is 11.8 Å². The van der Waals surface area contributed by atoms with Crippen molar-refractivity contribution in [3.63, 3.8) is 0 Å². The van der Waals surface area contributed by atoms with Crippen LogP contribution in [0.15, 0.2) is 50.4 Å². The lowest BCUT2D eigenvalue weighted by atomic mass is 10.1. The first-order valence-electron chi connectivity index (χ1n) is 7.89. The fraction of sp³-hybridized carbons (Fsp3) is 0.0588. The van der Waals surface area contributed by atoms with Crippen LogP contribution in [0.3, 0.4) is 0 Å². The van der Waals surface area contributed by atoms with Crippen molar-refractivity contribution in [2.24, 2.45) is 10.1 Å². The van der Waals surface area contributed by atoms with E-state index in [2.05, 4.69) is 10.1 Å². The van der Waals surface area contributed by atoms with Crippen LogP contribution in [-0.2, 0) is 14.6 Å². The van der Waals surface area contributed by atoms with E-state index < -0.39 is 15.7 Å². The third-order valence-corrected chi connectivity index (χ3v) is 7.19. The Kier molecular flexibility index (Phi) is 4.89. The molecule has 0 saturated heterocycles. The highest BCUT2D eigenvalue weighted by Crippen LogP contribution is 2.32. The van der Waals surface area contributed by atoms with Gasteiger partial charge in [-0.2, -0.15) is 10.0 Å². The highest BCUT2D eigenvalue weighted by Gasteiger charge is 2.38. The number of halogens is 2. The Morgan fingerprint density at radius 1 is 1.21 bits per heavy atom. The van der Waals surface area contributed by atoms with Crippen LogP contribution >= 0.6 is 35.0 Å². The summed E-state index contributed by atoms with van der Waals surface area (Å²) in [5, 5.41) is 13.9. The predicted octanol–water partition coefficient (Wildman–Crippen LogP) is 3.87. The number of furan rings is 1. The molecular formula is C17H10Cl2N4O4S2. The molecule has 0 bridgehead atoms. The molecule has 8 nitrogen and oxygen atoms in total. The van der Waals surface area contributed by atoms with E-state index in [1.54, 1.807) is 30.3 Å². The summed E-state index contributed by atoms with van der Waals surface area (Å²) in [6, 6.07) is 8.32. The number of amides is 1. The van der Waals surface area contributed by atoms with E-state index in [1.807, 2.05) is 0 Å². The summed E-state index contributed by atoms with van der Waals surface area (Å²) in [6.07, 6.45) is 2.35. The molecule has 1 amide bonds. The molecule has 0 aliphatic carbocycles. The number of aliphatic imine (C=N–C) groups is 1. The Morgan fingerprint density at radius 3 is 2.66 bits per heavy atom. The number of nitrogens with one attached hydrogen (secondary N) is 1. The fourth-order valence-electron chi connectivity index (χ4n) is 2.50. The zero-order valence-electron chi connectivity index (χ0n) is 14.5. The van der Waals surface area contributed by atoms with E-state index in [0.29, 0.717) is 27.1 Å². The Labute approximate surface area is 179 Å². The Hall–Kier alpha value is -2.40. The van der Waals surface area contributed by atoms with Gasteiger partial charge < -0.3 is 4.42 Å². The van der Waals surface area contributed by atoms with Crippen molar-refractivity contribution in [3.05, 3.63) is 51.7 Å². The molecule has 0 saturated carbocycles. The van der Waals surface area contributed by atoms with Crippen molar-refractivity contribution in [2.45, 2.75) is 0 Å². The number of amidine groups is 2. The minimum Gasteiger partial charge on any atom is -0.457 e. The predicted molar refractivity (Wildman–Crippen MR) is 114 cm³/mol. The molecule has 0 fully saturated rings. The highest BCUT2D eigenvalue weighted by molar-refractivity contribution is 8.42. The molecule has 148 valence electrons. The molecule has 2 aliphatic heterocycles. The van der Waals surface area contributed by atoms with Gasteiger partial charge >= 0.3 is 0 Å². The Morgan fingerprint density at radius 2 is 1.97 bits per heavy atom. The zero-order chi connectivity index (χ0) is 20.9. The van der Waals surface area contributed by atoms with Gasteiger partial charge in [0.15, 0.2) is 5.84 Å². The van der Waals surface area contributed by atoms with E-state index in [9.17, 15) is 13.2 Å². The van der Waals surface area contributed by atoms with Gasteiger partial charge in [-0.15, -0.1) is 5.10 Å². The molecule has 0 spiro atoms. The second kappa shape index (κ2) is 7.13. The molecule has 12 heteroatoms. The summed E-state index contributed by atoms with van der Waals surface area (Å²) >= 11 is 12.7. The van der Waals surface area contributed by atoms with Gasteiger partial charge in [-0.1, -0.05) is 23.2 Å². The van der Waals surface area contributed by atoms with Gasteiger partial charge in [-0.25, -0.2) is 8.42 Å². The number of hydrogen-bond donors (Lipinski definition) is 1. The average molecular weight is 469 g/mol. The largest absolute Gasteiger partial charge is 0.457 e. The second-order valence-corrected chi connectivity index (χ2v) is 9.95. The molecule has 1 aromatic carbocycles. The lowest BCUT2D eigenvalue weighted by Crippen LogP contribution is -2.35. The van der Waals surface area contributed by atoms with Crippen molar-refractivity contribution in [2.75, 3.05) is 6.26 Å². The molecule has 1 aromatic heterocycles. The summed E-state index contributed by atoms with van der Waals surface area (Å²) in [6.45, 7) is 0. The van der Waals surface area contributed by atoms with E-state index in [4.69, 9.17) is 33.0 Å². The molecule has 0 atom stereocenters. The normalized spacial score (nSPS) is 18.2. The monoisotopic (exact) mass is 468 g/mol. The lowest BCUT2D eigenvalue weighted by Gasteiger charge is -2.19. The van der Waals surface area contributed by atoms with Gasteiger partial charge in [0.1, 0.15) is 11.5 Å². The van der Waals surface area contributed by atoms with Crippen molar-refractivity contribution >= 4 is 72.2 Å². The van der Waals surface area contributed by atoms with E-state index in [0.717, 1.165) is 23.0 Å². The summed E-state index contributed by atoms with van der Waals surface area (Å²) in [7, 11) is -3.59. The molecule has 2 aromatic rings. The fourth-order valence-corrected chi connectivity index (χ4v) is 4.48. The first kappa shape index (κ1) is 19.9. The number of carbonyl (C=O) groups is 1. The maximum Gasteiger partial charge on any atom is 0.283 e. The molecule has 2 aliphatic rings. The maximum absolute atomic E-state index is 12.4. The van der Waals surface area contributed by atoms with Crippen molar-refractivity contribution in [1.29, 1.82) is 5.41 Å². The molecule has 1 N–H and O–H groups in total. The third kappa shape index (κ3) is 3.76. The molecule has 29 heavy (non-hydrogen) atoms. The van der Waals surface area contributed by atoms with Crippen molar-refractivity contribution in [1.82, 2.24) is 5.01 Å². The van der Waals surface area contributed by atoms with E-state index >= 15 is 0 Å². The summed E-state index contributed by atoms with van der Waals surface area (Å²) < 4.78 is 28.9. The van der Waals surface area contributed by atoms with Gasteiger partial charge in [-0.3, -0.25) is 10.2 Å². The SMILES string of the molecule is CS(=O)(=O)C1=NN2C(=N)/C(=C\c3ccc(-c4ccc(Cl)c(Cl)c4)o3)C(=O)N=C2S1. The van der Waals surface area contributed by atoms with Crippen LogP contribution in [-0.4, -0.2) is 41.0 Å². The van der Waals surface area contributed by atoms with Crippen LogP contribution in [0.1, 0.15) is 5.76 Å². The number of benzene rings is 1. The number of hydrazone groups is 1.